The minimum Gasteiger partial charge on any atom is -0.395 e. The summed E-state index contributed by atoms with van der Waals surface area (Å²) in [5, 5.41) is 9.08. The van der Waals surface area contributed by atoms with Gasteiger partial charge in [-0.3, -0.25) is 9.69 Å². The van der Waals surface area contributed by atoms with E-state index in [2.05, 4.69) is 29.2 Å². The molecule has 1 aromatic carbocycles. The van der Waals surface area contributed by atoms with Crippen LogP contribution in [0.3, 0.4) is 0 Å². The van der Waals surface area contributed by atoms with Crippen molar-refractivity contribution in [3.8, 4) is 0 Å². The highest BCUT2D eigenvalue weighted by molar-refractivity contribution is 5.79. The Balaban J connectivity index is 1.83. The van der Waals surface area contributed by atoms with Crippen LogP contribution in [0.4, 0.5) is 0 Å². The molecule has 1 unspecified atom stereocenters. The van der Waals surface area contributed by atoms with Crippen LogP contribution in [-0.2, 0) is 11.2 Å². The van der Waals surface area contributed by atoms with Crippen molar-refractivity contribution in [1.82, 2.24) is 9.80 Å². The summed E-state index contributed by atoms with van der Waals surface area (Å²) in [6, 6.07) is 8.92. The molecule has 132 valence electrons. The molecule has 0 bridgehead atoms. The van der Waals surface area contributed by atoms with Crippen molar-refractivity contribution < 1.29 is 9.90 Å². The van der Waals surface area contributed by atoms with Gasteiger partial charge in [-0.1, -0.05) is 43.5 Å². The van der Waals surface area contributed by atoms with Crippen molar-refractivity contribution in [3.63, 3.8) is 0 Å². The maximum Gasteiger partial charge on any atom is 0.237 e. The lowest BCUT2D eigenvalue weighted by atomic mass is 9.77. The van der Waals surface area contributed by atoms with E-state index >= 15 is 0 Å². The summed E-state index contributed by atoms with van der Waals surface area (Å²) in [7, 11) is 1.90. The Morgan fingerprint density at radius 3 is 2.75 bits per heavy atom. The van der Waals surface area contributed by atoms with Crippen LogP contribution in [-0.4, -0.2) is 54.1 Å². The van der Waals surface area contributed by atoms with Gasteiger partial charge in [-0.2, -0.15) is 0 Å². The van der Waals surface area contributed by atoms with E-state index in [9.17, 15) is 4.79 Å². The van der Waals surface area contributed by atoms with Crippen molar-refractivity contribution in [3.05, 3.63) is 35.4 Å². The van der Waals surface area contributed by atoms with Crippen LogP contribution >= 0.6 is 0 Å². The Morgan fingerprint density at radius 1 is 1.25 bits per heavy atom. The lowest BCUT2D eigenvalue weighted by molar-refractivity contribution is -0.136. The number of amides is 1. The van der Waals surface area contributed by atoms with Gasteiger partial charge in [-0.15, -0.1) is 0 Å². The fourth-order valence-corrected chi connectivity index (χ4v) is 4.41. The third-order valence-electron chi connectivity index (χ3n) is 5.64. The van der Waals surface area contributed by atoms with Crippen molar-refractivity contribution in [1.29, 1.82) is 0 Å². The third kappa shape index (κ3) is 3.81. The zero-order valence-electron chi connectivity index (χ0n) is 14.8. The predicted molar refractivity (Wildman–Crippen MR) is 95.8 cm³/mol. The number of carbonyl (C=O) groups excluding carboxylic acids is 1. The van der Waals surface area contributed by atoms with Crippen LogP contribution < -0.4 is 0 Å². The molecule has 1 saturated carbocycles. The first kappa shape index (κ1) is 17.4. The molecule has 0 radical (unpaired) electrons. The fraction of sp³-hybridized carbons (Fsp3) is 0.650. The molecule has 1 aliphatic heterocycles. The van der Waals surface area contributed by atoms with Crippen molar-refractivity contribution in [2.45, 2.75) is 44.6 Å². The molecule has 4 heteroatoms. The minimum absolute atomic E-state index is 0.0959. The summed E-state index contributed by atoms with van der Waals surface area (Å²) in [6.45, 7) is 1.86. The second kappa shape index (κ2) is 8.13. The quantitative estimate of drug-likeness (QED) is 0.902. The summed E-state index contributed by atoms with van der Waals surface area (Å²) < 4.78 is 0. The molecule has 2 aliphatic rings. The molecule has 24 heavy (non-hydrogen) atoms. The van der Waals surface area contributed by atoms with Gasteiger partial charge in [0.1, 0.15) is 0 Å². The molecule has 3 rings (SSSR count). The molecule has 1 aromatic rings. The highest BCUT2D eigenvalue weighted by Crippen LogP contribution is 2.41. The molecule has 1 fully saturated rings. The normalized spacial score (nSPS) is 21.8. The smallest absolute Gasteiger partial charge is 0.237 e. The van der Waals surface area contributed by atoms with Crippen LogP contribution in [0.1, 0.15) is 49.3 Å². The maximum atomic E-state index is 12.9. The van der Waals surface area contributed by atoms with Crippen molar-refractivity contribution in [2.24, 2.45) is 5.92 Å². The summed E-state index contributed by atoms with van der Waals surface area (Å²) in [6.07, 6.45) is 7.32. The summed E-state index contributed by atoms with van der Waals surface area (Å²) in [5.74, 6) is 0.795. The molecule has 1 N–H and O–H groups in total. The van der Waals surface area contributed by atoms with Gasteiger partial charge in [-0.25, -0.2) is 0 Å². The fourth-order valence-electron chi connectivity index (χ4n) is 4.41. The first-order valence-corrected chi connectivity index (χ1v) is 9.37. The maximum absolute atomic E-state index is 12.9. The van der Waals surface area contributed by atoms with E-state index in [0.717, 1.165) is 13.0 Å². The van der Waals surface area contributed by atoms with E-state index in [0.29, 0.717) is 19.0 Å². The number of aliphatic hydroxyl groups excluding tert-OH is 1. The van der Waals surface area contributed by atoms with Gasteiger partial charge in [-0.05, 0) is 43.4 Å². The van der Waals surface area contributed by atoms with Crippen molar-refractivity contribution >= 4 is 5.91 Å². The predicted octanol–water partition coefficient (Wildman–Crippen LogP) is 2.62. The van der Waals surface area contributed by atoms with E-state index in [1.807, 2.05) is 11.9 Å². The Bertz CT molecular complexity index is 554. The Hall–Kier alpha value is -1.39. The standard InChI is InChI=1S/C20H30N2O2/c1-21(13-14-23)15-19(24)22-12-11-16-7-5-6-10-18(16)20(22)17-8-3-2-4-9-17/h5-7,10,17,20,23H,2-4,8-9,11-15H2,1H3. The summed E-state index contributed by atoms with van der Waals surface area (Å²) >= 11 is 0. The molecule has 1 heterocycles. The van der Waals surface area contributed by atoms with Gasteiger partial charge in [0.15, 0.2) is 0 Å². The number of hydrogen-bond acceptors (Lipinski definition) is 3. The zero-order valence-corrected chi connectivity index (χ0v) is 14.8. The summed E-state index contributed by atoms with van der Waals surface area (Å²) in [5.41, 5.74) is 2.79. The second-order valence-corrected chi connectivity index (χ2v) is 7.34. The van der Waals surface area contributed by atoms with Gasteiger partial charge in [0, 0.05) is 13.1 Å². The number of likely N-dealkylation sites (N-methyl/N-ethyl adjacent to an activating group) is 1. The molecule has 4 nitrogen and oxygen atoms in total. The molecular weight excluding hydrogens is 300 g/mol. The number of aliphatic hydroxyl groups is 1. The second-order valence-electron chi connectivity index (χ2n) is 7.34. The lowest BCUT2D eigenvalue weighted by Crippen LogP contribution is -2.47. The molecule has 1 amide bonds. The highest BCUT2D eigenvalue weighted by atomic mass is 16.3. The van der Waals surface area contributed by atoms with Gasteiger partial charge in [0.05, 0.1) is 19.2 Å². The number of fused-ring (bicyclic) bond motifs is 1. The minimum atomic E-state index is 0.0959. The molecular formula is C20H30N2O2. The molecule has 1 aliphatic carbocycles. The Kier molecular flexibility index (Phi) is 5.90. The van der Waals surface area contributed by atoms with E-state index < -0.39 is 0 Å². The van der Waals surface area contributed by atoms with E-state index in [1.165, 1.54) is 43.2 Å². The highest BCUT2D eigenvalue weighted by Gasteiger charge is 2.36. The van der Waals surface area contributed by atoms with Crippen LogP contribution in [0.2, 0.25) is 0 Å². The van der Waals surface area contributed by atoms with Crippen LogP contribution in [0.5, 0.6) is 0 Å². The third-order valence-corrected chi connectivity index (χ3v) is 5.64. The number of benzene rings is 1. The molecule has 0 spiro atoms. The van der Waals surface area contributed by atoms with Crippen molar-refractivity contribution in [2.75, 3.05) is 33.3 Å². The van der Waals surface area contributed by atoms with E-state index in [-0.39, 0.29) is 18.6 Å². The molecule has 0 saturated heterocycles. The Morgan fingerprint density at radius 2 is 2.00 bits per heavy atom. The lowest BCUT2D eigenvalue weighted by Gasteiger charge is -2.43. The first-order valence-electron chi connectivity index (χ1n) is 9.37. The van der Waals surface area contributed by atoms with Crippen LogP contribution in [0.25, 0.3) is 0 Å². The van der Waals surface area contributed by atoms with Gasteiger partial charge < -0.3 is 10.0 Å². The average Bonchev–Trinajstić information content (AvgIpc) is 2.61. The number of hydrogen-bond donors (Lipinski definition) is 1. The first-order chi connectivity index (χ1) is 11.7. The molecule has 0 aromatic heterocycles. The van der Waals surface area contributed by atoms with E-state index in [1.54, 1.807) is 0 Å². The van der Waals surface area contributed by atoms with Crippen LogP contribution in [0, 0.1) is 5.92 Å². The van der Waals surface area contributed by atoms with Gasteiger partial charge >= 0.3 is 0 Å². The zero-order chi connectivity index (χ0) is 16.9. The van der Waals surface area contributed by atoms with Gasteiger partial charge in [0.2, 0.25) is 5.91 Å². The van der Waals surface area contributed by atoms with Gasteiger partial charge in [0.25, 0.3) is 0 Å². The number of rotatable bonds is 5. The Labute approximate surface area is 145 Å². The van der Waals surface area contributed by atoms with E-state index in [4.69, 9.17) is 5.11 Å². The number of carbonyl (C=O) groups is 1. The topological polar surface area (TPSA) is 43.8 Å². The average molecular weight is 330 g/mol. The summed E-state index contributed by atoms with van der Waals surface area (Å²) in [4.78, 5) is 17.0. The SMILES string of the molecule is CN(CCO)CC(=O)N1CCc2ccccc2C1C1CCCCC1. The largest absolute Gasteiger partial charge is 0.395 e. The van der Waals surface area contributed by atoms with Crippen LogP contribution in [0.15, 0.2) is 24.3 Å². The molecule has 1 atom stereocenters. The number of nitrogens with zero attached hydrogens (tertiary/aromatic N) is 2. The monoisotopic (exact) mass is 330 g/mol.